The highest BCUT2D eigenvalue weighted by Crippen LogP contribution is 2.44. The van der Waals surface area contributed by atoms with E-state index in [0.29, 0.717) is 10.6 Å². The van der Waals surface area contributed by atoms with Crippen molar-refractivity contribution in [3.05, 3.63) is 54.1 Å². The summed E-state index contributed by atoms with van der Waals surface area (Å²) in [6.45, 7) is 0. The van der Waals surface area contributed by atoms with E-state index in [9.17, 15) is 8.42 Å². The number of hydrogen-bond donors (Lipinski definition) is 1. The quantitative estimate of drug-likeness (QED) is 0.864. The predicted octanol–water partition coefficient (Wildman–Crippen LogP) is 2.89. The van der Waals surface area contributed by atoms with Crippen LogP contribution in [0.15, 0.2) is 58.3 Å². The number of rotatable bonds is 2. The van der Waals surface area contributed by atoms with Gasteiger partial charge in [0.2, 0.25) is 0 Å². The zero-order valence-corrected chi connectivity index (χ0v) is 11.7. The Morgan fingerprint density at radius 1 is 1.11 bits per heavy atom. The van der Waals surface area contributed by atoms with Gasteiger partial charge in [0.05, 0.1) is 15.9 Å². The molecule has 0 radical (unpaired) electrons. The molecule has 1 aliphatic heterocycles. The number of anilines is 1. The highest BCUT2D eigenvalue weighted by atomic mass is 32.2. The molecule has 98 valence electrons. The van der Waals surface area contributed by atoms with Crippen molar-refractivity contribution < 1.29 is 8.42 Å². The van der Waals surface area contributed by atoms with E-state index in [1.165, 1.54) is 0 Å². The normalized spacial score (nSPS) is 20.1. The molecule has 2 aromatic carbocycles. The Morgan fingerprint density at radius 2 is 1.89 bits per heavy atom. The van der Waals surface area contributed by atoms with Gasteiger partial charge in [-0.15, -0.1) is 11.8 Å². The van der Waals surface area contributed by atoms with Crippen LogP contribution in [-0.2, 0) is 9.84 Å². The van der Waals surface area contributed by atoms with Crippen LogP contribution in [0, 0.1) is 0 Å². The van der Waals surface area contributed by atoms with Crippen LogP contribution in [0.1, 0.15) is 10.8 Å². The second-order valence-corrected chi connectivity index (χ2v) is 7.78. The molecule has 0 saturated carbocycles. The third kappa shape index (κ3) is 2.35. The first-order valence-electron chi connectivity index (χ1n) is 5.90. The van der Waals surface area contributed by atoms with Crippen molar-refractivity contribution in [2.24, 2.45) is 0 Å². The van der Waals surface area contributed by atoms with Gasteiger partial charge in [-0.05, 0) is 29.8 Å². The van der Waals surface area contributed by atoms with Crippen LogP contribution in [-0.4, -0.2) is 14.2 Å². The molecular weight excluding hydrogens is 278 g/mol. The molecular formula is C14H13NO2S2. The minimum Gasteiger partial charge on any atom is -0.399 e. The van der Waals surface area contributed by atoms with Gasteiger partial charge >= 0.3 is 0 Å². The molecule has 2 N–H and O–H groups in total. The Balaban J connectivity index is 1.96. The number of sulfone groups is 1. The fourth-order valence-corrected chi connectivity index (χ4v) is 5.78. The van der Waals surface area contributed by atoms with Gasteiger partial charge in [-0.3, -0.25) is 0 Å². The standard InChI is InChI=1S/C14H13NO2S2/c15-10-4-3-5-11(8-10)18-13-9-19(16,17)14-7-2-1-6-12(13)14/h1-8,13H,9,15H2. The van der Waals surface area contributed by atoms with E-state index in [-0.39, 0.29) is 11.0 Å². The molecule has 2 aromatic rings. The molecule has 19 heavy (non-hydrogen) atoms. The van der Waals surface area contributed by atoms with E-state index in [2.05, 4.69) is 0 Å². The molecule has 1 unspecified atom stereocenters. The van der Waals surface area contributed by atoms with Crippen LogP contribution in [0.2, 0.25) is 0 Å². The molecule has 0 aliphatic carbocycles. The van der Waals surface area contributed by atoms with E-state index in [0.717, 1.165) is 10.5 Å². The highest BCUT2D eigenvalue weighted by Gasteiger charge is 2.34. The van der Waals surface area contributed by atoms with Crippen molar-refractivity contribution >= 4 is 27.3 Å². The molecule has 0 fully saturated rings. The van der Waals surface area contributed by atoms with Crippen molar-refractivity contribution in [1.29, 1.82) is 0 Å². The van der Waals surface area contributed by atoms with Gasteiger partial charge in [0.1, 0.15) is 0 Å². The molecule has 0 amide bonds. The molecule has 0 saturated heterocycles. The van der Waals surface area contributed by atoms with E-state index >= 15 is 0 Å². The van der Waals surface area contributed by atoms with Crippen molar-refractivity contribution in [2.45, 2.75) is 15.0 Å². The van der Waals surface area contributed by atoms with E-state index in [1.807, 2.05) is 36.4 Å². The van der Waals surface area contributed by atoms with E-state index < -0.39 is 9.84 Å². The number of thioether (sulfide) groups is 1. The average molecular weight is 291 g/mol. The number of benzene rings is 2. The SMILES string of the molecule is Nc1cccc(SC2CS(=O)(=O)c3ccccc32)c1. The molecule has 0 spiro atoms. The summed E-state index contributed by atoms with van der Waals surface area (Å²) < 4.78 is 24.2. The van der Waals surface area contributed by atoms with Crippen molar-refractivity contribution in [1.82, 2.24) is 0 Å². The van der Waals surface area contributed by atoms with Crippen LogP contribution in [0.3, 0.4) is 0 Å². The Bertz CT molecular complexity index is 726. The minimum absolute atomic E-state index is 0.0528. The van der Waals surface area contributed by atoms with Crippen LogP contribution < -0.4 is 5.73 Å². The average Bonchev–Trinajstić information content (AvgIpc) is 2.62. The van der Waals surface area contributed by atoms with Crippen molar-refractivity contribution in [3.63, 3.8) is 0 Å². The zero-order chi connectivity index (χ0) is 13.5. The maximum absolute atomic E-state index is 12.1. The topological polar surface area (TPSA) is 60.2 Å². The molecule has 1 atom stereocenters. The van der Waals surface area contributed by atoms with Gasteiger partial charge in [-0.1, -0.05) is 24.3 Å². The summed E-state index contributed by atoms with van der Waals surface area (Å²) in [5, 5.41) is -0.0528. The predicted molar refractivity (Wildman–Crippen MR) is 77.9 cm³/mol. The summed E-state index contributed by atoms with van der Waals surface area (Å²) in [6, 6.07) is 14.8. The first-order chi connectivity index (χ1) is 9.06. The number of fused-ring (bicyclic) bond motifs is 1. The lowest BCUT2D eigenvalue weighted by atomic mass is 10.2. The lowest BCUT2D eigenvalue weighted by molar-refractivity contribution is 0.600. The third-order valence-corrected chi connectivity index (χ3v) is 6.36. The second kappa shape index (κ2) is 4.58. The van der Waals surface area contributed by atoms with Crippen LogP contribution in [0.4, 0.5) is 5.69 Å². The fraction of sp³-hybridized carbons (Fsp3) is 0.143. The van der Waals surface area contributed by atoms with Crippen molar-refractivity contribution in [3.8, 4) is 0 Å². The first kappa shape index (κ1) is 12.6. The molecule has 0 aromatic heterocycles. The lowest BCUT2D eigenvalue weighted by Gasteiger charge is -2.09. The number of nitrogen functional groups attached to an aromatic ring is 1. The Hall–Kier alpha value is -1.46. The summed E-state index contributed by atoms with van der Waals surface area (Å²) in [6.07, 6.45) is 0. The van der Waals surface area contributed by atoms with Crippen molar-refractivity contribution in [2.75, 3.05) is 11.5 Å². The maximum atomic E-state index is 12.1. The molecule has 0 bridgehead atoms. The van der Waals surface area contributed by atoms with Gasteiger partial charge in [0, 0.05) is 10.6 Å². The smallest absolute Gasteiger partial charge is 0.180 e. The van der Waals surface area contributed by atoms with Gasteiger partial charge in [-0.2, -0.15) is 0 Å². The second-order valence-electron chi connectivity index (χ2n) is 4.50. The molecule has 1 heterocycles. The summed E-state index contributed by atoms with van der Waals surface area (Å²) in [4.78, 5) is 1.47. The minimum atomic E-state index is -3.14. The third-order valence-electron chi connectivity index (χ3n) is 3.11. The number of hydrogen-bond acceptors (Lipinski definition) is 4. The van der Waals surface area contributed by atoms with Gasteiger partial charge < -0.3 is 5.73 Å². The van der Waals surface area contributed by atoms with Crippen LogP contribution in [0.25, 0.3) is 0 Å². The van der Waals surface area contributed by atoms with E-state index in [4.69, 9.17) is 5.73 Å². The summed E-state index contributed by atoms with van der Waals surface area (Å²) in [5.41, 5.74) is 7.34. The largest absolute Gasteiger partial charge is 0.399 e. The Kier molecular flexibility index (Phi) is 3.03. The molecule has 3 nitrogen and oxygen atoms in total. The molecule has 3 rings (SSSR count). The highest BCUT2D eigenvalue weighted by molar-refractivity contribution is 8.01. The molecule has 5 heteroatoms. The van der Waals surface area contributed by atoms with E-state index in [1.54, 1.807) is 23.9 Å². The van der Waals surface area contributed by atoms with Crippen LogP contribution in [0.5, 0.6) is 0 Å². The van der Waals surface area contributed by atoms with Gasteiger partial charge in [0.25, 0.3) is 0 Å². The Morgan fingerprint density at radius 3 is 2.68 bits per heavy atom. The lowest BCUT2D eigenvalue weighted by Crippen LogP contribution is -2.01. The zero-order valence-electron chi connectivity index (χ0n) is 10.1. The first-order valence-corrected chi connectivity index (χ1v) is 8.43. The van der Waals surface area contributed by atoms with Gasteiger partial charge in [0.15, 0.2) is 9.84 Å². The molecule has 1 aliphatic rings. The number of nitrogens with two attached hydrogens (primary N) is 1. The maximum Gasteiger partial charge on any atom is 0.180 e. The monoisotopic (exact) mass is 291 g/mol. The summed E-state index contributed by atoms with van der Waals surface area (Å²) in [5.74, 6) is 0.159. The van der Waals surface area contributed by atoms with Crippen LogP contribution >= 0.6 is 11.8 Å². The summed E-state index contributed by atoms with van der Waals surface area (Å²) in [7, 11) is -3.14. The fourth-order valence-electron chi connectivity index (χ4n) is 2.26. The van der Waals surface area contributed by atoms with Gasteiger partial charge in [-0.25, -0.2) is 8.42 Å². The summed E-state index contributed by atoms with van der Waals surface area (Å²) >= 11 is 1.55. The Labute approximate surface area is 116 Å².